The van der Waals surface area contributed by atoms with E-state index in [1.165, 1.54) is 5.56 Å². The average molecular weight is 543 g/mol. The number of guanidine groups is 1. The lowest BCUT2D eigenvalue weighted by Crippen LogP contribution is -2.40. The van der Waals surface area contributed by atoms with Crippen LogP contribution >= 0.6 is 24.0 Å². The molecule has 2 aromatic rings. The van der Waals surface area contributed by atoms with E-state index in [1.54, 1.807) is 26.4 Å². The highest BCUT2D eigenvalue weighted by Gasteiger charge is 2.25. The Hall–Kier alpha value is -2.01. The van der Waals surface area contributed by atoms with Crippen LogP contribution in [0.15, 0.2) is 35.6 Å². The van der Waals surface area contributed by atoms with Crippen molar-refractivity contribution in [2.24, 2.45) is 18.0 Å². The first-order chi connectivity index (χ1) is 14.5. The number of rotatable bonds is 8. The maximum atomic E-state index is 10.7. The molecule has 8 nitrogen and oxygen atoms in total. The molecule has 1 saturated heterocycles. The lowest BCUT2D eigenvalue weighted by molar-refractivity contribution is 0.186. The standard InChI is InChI=1S/C22H33N5O3.HI/c1-5-23-22(27-9-8-16(15-27)10-17-12-25-26(2)14-17)24-13-19(28)18-6-7-20(29-3)21(11-18)30-4;/h6-7,11-12,14,16,19,28H,5,8-10,13,15H2,1-4H3,(H,23,24);1H. The van der Waals surface area contributed by atoms with Gasteiger partial charge in [-0.1, -0.05) is 6.07 Å². The fourth-order valence-electron chi connectivity index (χ4n) is 3.87. The molecule has 2 N–H and O–H groups in total. The van der Waals surface area contributed by atoms with Crippen LogP contribution in [-0.2, 0) is 13.5 Å². The lowest BCUT2D eigenvalue weighted by Gasteiger charge is -2.22. The SMILES string of the molecule is CCNC(=NCC(O)c1ccc(OC)c(OC)c1)N1CCC(Cc2cnn(C)c2)C1.I. The molecule has 0 radical (unpaired) electrons. The van der Waals surface area contributed by atoms with Crippen molar-refractivity contribution >= 4 is 29.9 Å². The number of nitrogens with one attached hydrogen (secondary N) is 1. The monoisotopic (exact) mass is 543 g/mol. The van der Waals surface area contributed by atoms with Crippen molar-refractivity contribution in [2.45, 2.75) is 25.9 Å². The molecule has 31 heavy (non-hydrogen) atoms. The Balaban J connectivity index is 0.00000341. The van der Waals surface area contributed by atoms with Crippen LogP contribution < -0.4 is 14.8 Å². The predicted octanol–water partition coefficient (Wildman–Crippen LogP) is 2.62. The van der Waals surface area contributed by atoms with Crippen molar-refractivity contribution in [3.05, 3.63) is 41.7 Å². The molecule has 1 aromatic heterocycles. The van der Waals surface area contributed by atoms with Crippen LogP contribution in [0.5, 0.6) is 11.5 Å². The van der Waals surface area contributed by atoms with Gasteiger partial charge in [0.2, 0.25) is 0 Å². The van der Waals surface area contributed by atoms with Gasteiger partial charge in [0, 0.05) is 32.9 Å². The summed E-state index contributed by atoms with van der Waals surface area (Å²) in [6.07, 6.45) is 5.46. The summed E-state index contributed by atoms with van der Waals surface area (Å²) in [5, 5.41) is 18.3. The zero-order valence-corrected chi connectivity index (χ0v) is 21.1. The Morgan fingerprint density at radius 1 is 1.32 bits per heavy atom. The number of aliphatic hydroxyl groups excluding tert-OH is 1. The summed E-state index contributed by atoms with van der Waals surface area (Å²) in [6.45, 7) is 5.04. The minimum absolute atomic E-state index is 0. The number of hydrogen-bond donors (Lipinski definition) is 2. The number of ether oxygens (including phenoxy) is 2. The van der Waals surface area contributed by atoms with E-state index >= 15 is 0 Å². The van der Waals surface area contributed by atoms with Gasteiger partial charge in [-0.25, -0.2) is 0 Å². The molecule has 1 aliphatic heterocycles. The summed E-state index contributed by atoms with van der Waals surface area (Å²) in [7, 11) is 5.13. The molecule has 0 bridgehead atoms. The van der Waals surface area contributed by atoms with Crippen LogP contribution in [0.25, 0.3) is 0 Å². The zero-order chi connectivity index (χ0) is 21.5. The van der Waals surface area contributed by atoms with Gasteiger partial charge in [0.15, 0.2) is 17.5 Å². The molecule has 0 amide bonds. The van der Waals surface area contributed by atoms with Gasteiger partial charge in [-0.3, -0.25) is 9.67 Å². The maximum absolute atomic E-state index is 10.7. The first-order valence-corrected chi connectivity index (χ1v) is 10.4. The number of likely N-dealkylation sites (tertiary alicyclic amines) is 1. The quantitative estimate of drug-likeness (QED) is 0.303. The molecular formula is C22H34IN5O3. The molecule has 2 atom stereocenters. The van der Waals surface area contributed by atoms with Gasteiger partial charge >= 0.3 is 0 Å². The molecule has 1 aromatic carbocycles. The third kappa shape index (κ3) is 6.73. The number of aliphatic imine (C=N–C) groups is 1. The number of hydrogen-bond acceptors (Lipinski definition) is 5. The van der Waals surface area contributed by atoms with E-state index in [1.807, 2.05) is 24.0 Å². The van der Waals surface area contributed by atoms with E-state index < -0.39 is 6.10 Å². The summed E-state index contributed by atoms with van der Waals surface area (Å²) in [4.78, 5) is 6.99. The Morgan fingerprint density at radius 3 is 2.74 bits per heavy atom. The summed E-state index contributed by atoms with van der Waals surface area (Å²) in [6, 6.07) is 5.44. The molecule has 2 unspecified atom stereocenters. The van der Waals surface area contributed by atoms with Gasteiger partial charge < -0.3 is 24.8 Å². The second-order valence-electron chi connectivity index (χ2n) is 7.65. The van der Waals surface area contributed by atoms with Gasteiger partial charge in [-0.15, -0.1) is 24.0 Å². The van der Waals surface area contributed by atoms with E-state index in [9.17, 15) is 5.11 Å². The Morgan fingerprint density at radius 2 is 2.10 bits per heavy atom. The fraction of sp³-hybridized carbons (Fsp3) is 0.545. The van der Waals surface area contributed by atoms with Gasteiger partial charge in [0.1, 0.15) is 0 Å². The number of aromatic nitrogens is 2. The predicted molar refractivity (Wildman–Crippen MR) is 132 cm³/mol. The second kappa shape index (κ2) is 12.1. The van der Waals surface area contributed by atoms with E-state index in [-0.39, 0.29) is 30.5 Å². The number of aliphatic hydroxyl groups is 1. The van der Waals surface area contributed by atoms with Crippen LogP contribution in [0.3, 0.4) is 0 Å². The van der Waals surface area contributed by atoms with Crippen molar-refractivity contribution < 1.29 is 14.6 Å². The molecule has 1 fully saturated rings. The highest BCUT2D eigenvalue weighted by Crippen LogP contribution is 2.30. The maximum Gasteiger partial charge on any atom is 0.194 e. The molecule has 9 heteroatoms. The minimum atomic E-state index is -0.716. The Bertz CT molecular complexity index is 857. The van der Waals surface area contributed by atoms with E-state index in [2.05, 4.69) is 28.4 Å². The average Bonchev–Trinajstić information content (AvgIpc) is 3.39. The van der Waals surface area contributed by atoms with Crippen LogP contribution in [0, 0.1) is 5.92 Å². The van der Waals surface area contributed by atoms with Crippen molar-refractivity contribution in [3.63, 3.8) is 0 Å². The molecule has 172 valence electrons. The van der Waals surface area contributed by atoms with Crippen LogP contribution in [0.2, 0.25) is 0 Å². The third-order valence-corrected chi connectivity index (χ3v) is 5.41. The number of nitrogens with zero attached hydrogens (tertiary/aromatic N) is 4. The van der Waals surface area contributed by atoms with E-state index in [0.717, 1.165) is 44.0 Å². The second-order valence-corrected chi connectivity index (χ2v) is 7.65. The fourth-order valence-corrected chi connectivity index (χ4v) is 3.87. The lowest BCUT2D eigenvalue weighted by atomic mass is 10.0. The minimum Gasteiger partial charge on any atom is -0.493 e. The summed E-state index contributed by atoms with van der Waals surface area (Å²) in [5.74, 6) is 2.67. The molecule has 2 heterocycles. The zero-order valence-electron chi connectivity index (χ0n) is 18.7. The number of methoxy groups -OCH3 is 2. The number of halogens is 1. The van der Waals surface area contributed by atoms with Crippen molar-refractivity contribution in [3.8, 4) is 11.5 Å². The van der Waals surface area contributed by atoms with Crippen LogP contribution in [-0.4, -0.2) is 66.1 Å². The highest BCUT2D eigenvalue weighted by molar-refractivity contribution is 14.0. The third-order valence-electron chi connectivity index (χ3n) is 5.41. The number of benzene rings is 1. The molecule has 0 spiro atoms. The topological polar surface area (TPSA) is 84.1 Å². The van der Waals surface area contributed by atoms with Gasteiger partial charge in [-0.05, 0) is 48.9 Å². The van der Waals surface area contributed by atoms with E-state index in [4.69, 9.17) is 14.5 Å². The van der Waals surface area contributed by atoms with Gasteiger partial charge in [0.25, 0.3) is 0 Å². The first kappa shape index (κ1) is 25.3. The highest BCUT2D eigenvalue weighted by atomic mass is 127. The molecule has 0 aliphatic carbocycles. The summed E-state index contributed by atoms with van der Waals surface area (Å²) < 4.78 is 12.5. The Kier molecular flexibility index (Phi) is 9.89. The Labute approximate surface area is 201 Å². The normalized spacial score (nSPS) is 17.3. The van der Waals surface area contributed by atoms with Crippen molar-refractivity contribution in [1.82, 2.24) is 20.0 Å². The van der Waals surface area contributed by atoms with Crippen LogP contribution in [0.4, 0.5) is 0 Å². The van der Waals surface area contributed by atoms with Crippen molar-refractivity contribution in [1.29, 1.82) is 0 Å². The van der Waals surface area contributed by atoms with Gasteiger partial charge in [0.05, 0.1) is 33.1 Å². The van der Waals surface area contributed by atoms with Crippen molar-refractivity contribution in [2.75, 3.05) is 40.4 Å². The van der Waals surface area contributed by atoms with Crippen LogP contribution in [0.1, 0.15) is 30.6 Å². The molecule has 0 saturated carbocycles. The smallest absolute Gasteiger partial charge is 0.194 e. The van der Waals surface area contributed by atoms with Gasteiger partial charge in [-0.2, -0.15) is 5.10 Å². The van der Waals surface area contributed by atoms with E-state index in [0.29, 0.717) is 17.4 Å². The summed E-state index contributed by atoms with van der Waals surface area (Å²) >= 11 is 0. The first-order valence-electron chi connectivity index (χ1n) is 10.4. The molecule has 3 rings (SSSR count). The number of aryl methyl sites for hydroxylation is 1. The molecule has 1 aliphatic rings. The molecular weight excluding hydrogens is 509 g/mol. The summed E-state index contributed by atoms with van der Waals surface area (Å²) in [5.41, 5.74) is 2.03. The largest absolute Gasteiger partial charge is 0.493 e.